The Morgan fingerprint density at radius 3 is 2.55 bits per heavy atom. The summed E-state index contributed by atoms with van der Waals surface area (Å²) in [6, 6.07) is 9.84. The summed E-state index contributed by atoms with van der Waals surface area (Å²) in [5.41, 5.74) is 0.128. The molecule has 0 aliphatic rings. The zero-order valence-corrected chi connectivity index (χ0v) is 13.2. The van der Waals surface area contributed by atoms with Crippen LogP contribution in [0.4, 0.5) is 10.1 Å². The molecule has 0 saturated heterocycles. The molecule has 0 heterocycles. The summed E-state index contributed by atoms with van der Waals surface area (Å²) in [6.07, 6.45) is 1.84. The van der Waals surface area contributed by atoms with E-state index in [2.05, 4.69) is 5.32 Å². The maximum Gasteiger partial charge on any atom is 0.258 e. The number of para-hydroxylation sites is 1. The fourth-order valence-corrected chi connectivity index (χ4v) is 2.89. The first-order chi connectivity index (χ1) is 10.3. The van der Waals surface area contributed by atoms with Gasteiger partial charge in [0.05, 0.1) is 16.1 Å². The Bertz CT molecular complexity index is 823. The van der Waals surface area contributed by atoms with E-state index < -0.39 is 21.7 Å². The minimum atomic E-state index is -4.01. The van der Waals surface area contributed by atoms with Crippen molar-refractivity contribution in [1.29, 1.82) is 0 Å². The summed E-state index contributed by atoms with van der Waals surface area (Å²) < 4.78 is 36.4. The zero-order valence-electron chi connectivity index (χ0n) is 11.5. The number of hydrogen-bond donors (Lipinski definition) is 2. The molecule has 116 valence electrons. The van der Waals surface area contributed by atoms with E-state index in [9.17, 15) is 17.6 Å². The van der Waals surface area contributed by atoms with Crippen LogP contribution in [0, 0.1) is 5.82 Å². The molecule has 0 aromatic heterocycles. The van der Waals surface area contributed by atoms with Crippen LogP contribution in [-0.4, -0.2) is 20.6 Å². The van der Waals surface area contributed by atoms with Gasteiger partial charge in [0, 0.05) is 4.90 Å². The number of carbonyl (C=O) groups is 1. The maximum atomic E-state index is 13.8. The third-order valence-corrected chi connectivity index (χ3v) is 4.57. The molecule has 0 spiro atoms. The molecule has 0 aliphatic carbocycles. The highest BCUT2D eigenvalue weighted by Crippen LogP contribution is 2.25. The summed E-state index contributed by atoms with van der Waals surface area (Å²) in [5, 5.41) is 7.55. The number of thioether (sulfide) groups is 1. The molecular formula is C14H13FN2O3S2. The number of halogens is 1. The average Bonchev–Trinajstić information content (AvgIpc) is 2.47. The minimum absolute atomic E-state index is 0.322. The Morgan fingerprint density at radius 1 is 1.23 bits per heavy atom. The molecule has 0 bridgehead atoms. The van der Waals surface area contributed by atoms with Crippen LogP contribution in [0.25, 0.3) is 0 Å². The predicted octanol–water partition coefficient (Wildman–Crippen LogP) is 2.45. The summed E-state index contributed by atoms with van der Waals surface area (Å²) in [4.78, 5) is 12.7. The lowest BCUT2D eigenvalue weighted by Gasteiger charge is -2.10. The van der Waals surface area contributed by atoms with Gasteiger partial charge in [0.15, 0.2) is 0 Å². The van der Waals surface area contributed by atoms with Gasteiger partial charge in [0.2, 0.25) is 10.0 Å². The van der Waals surface area contributed by atoms with Crippen molar-refractivity contribution < 1.29 is 17.6 Å². The Morgan fingerprint density at radius 2 is 1.91 bits per heavy atom. The number of amides is 1. The van der Waals surface area contributed by atoms with Crippen molar-refractivity contribution in [3.8, 4) is 0 Å². The number of benzene rings is 2. The van der Waals surface area contributed by atoms with Gasteiger partial charge in [-0.2, -0.15) is 0 Å². The van der Waals surface area contributed by atoms with Gasteiger partial charge in [-0.3, -0.25) is 4.79 Å². The smallest absolute Gasteiger partial charge is 0.258 e. The molecule has 5 nitrogen and oxygen atoms in total. The van der Waals surface area contributed by atoms with E-state index in [0.717, 1.165) is 23.1 Å². The lowest BCUT2D eigenvalue weighted by molar-refractivity contribution is 0.102. The van der Waals surface area contributed by atoms with Gasteiger partial charge in [-0.05, 0) is 36.6 Å². The summed E-state index contributed by atoms with van der Waals surface area (Å²) in [6.45, 7) is 0. The van der Waals surface area contributed by atoms with E-state index >= 15 is 0 Å². The molecule has 0 radical (unpaired) electrons. The molecule has 0 saturated carbocycles. The SMILES string of the molecule is CSc1ccccc1NC(=O)c1cc(S(N)(=O)=O)ccc1F. The van der Waals surface area contributed by atoms with Gasteiger partial charge in [-0.15, -0.1) is 11.8 Å². The zero-order chi connectivity index (χ0) is 16.3. The highest BCUT2D eigenvalue weighted by atomic mass is 32.2. The molecule has 0 aliphatic heterocycles. The van der Waals surface area contributed by atoms with Gasteiger partial charge < -0.3 is 5.32 Å². The second kappa shape index (κ2) is 6.47. The normalized spacial score (nSPS) is 11.2. The van der Waals surface area contributed by atoms with Crippen molar-refractivity contribution in [3.05, 3.63) is 53.8 Å². The molecule has 2 aromatic rings. The van der Waals surface area contributed by atoms with Crippen LogP contribution in [0.2, 0.25) is 0 Å². The third-order valence-electron chi connectivity index (χ3n) is 2.87. The fraction of sp³-hybridized carbons (Fsp3) is 0.0714. The standard InChI is InChI=1S/C14H13FN2O3S2/c1-21-13-5-3-2-4-12(13)17-14(18)10-8-9(22(16,19)20)6-7-11(10)15/h2-8H,1H3,(H,17,18)(H2,16,19,20). The number of sulfonamides is 1. The summed E-state index contributed by atoms with van der Waals surface area (Å²) in [7, 11) is -4.01. The first-order valence-corrected chi connectivity index (χ1v) is 8.87. The van der Waals surface area contributed by atoms with Crippen LogP contribution >= 0.6 is 11.8 Å². The average molecular weight is 340 g/mol. The molecular weight excluding hydrogens is 327 g/mol. The number of hydrogen-bond acceptors (Lipinski definition) is 4. The van der Waals surface area contributed by atoms with E-state index in [4.69, 9.17) is 5.14 Å². The van der Waals surface area contributed by atoms with Gasteiger partial charge in [0.25, 0.3) is 5.91 Å². The first-order valence-electron chi connectivity index (χ1n) is 6.09. The fourth-order valence-electron chi connectivity index (χ4n) is 1.79. The Balaban J connectivity index is 2.38. The van der Waals surface area contributed by atoms with Gasteiger partial charge in [-0.25, -0.2) is 17.9 Å². The van der Waals surface area contributed by atoms with E-state index in [0.29, 0.717) is 5.69 Å². The molecule has 0 unspecified atom stereocenters. The Kier molecular flexibility index (Phi) is 4.84. The minimum Gasteiger partial charge on any atom is -0.321 e. The van der Waals surface area contributed by atoms with E-state index in [1.165, 1.54) is 11.8 Å². The van der Waals surface area contributed by atoms with Crippen LogP contribution in [0.15, 0.2) is 52.3 Å². The highest BCUT2D eigenvalue weighted by molar-refractivity contribution is 7.98. The van der Waals surface area contributed by atoms with Gasteiger partial charge in [0.1, 0.15) is 5.82 Å². The number of anilines is 1. The summed E-state index contributed by atoms with van der Waals surface area (Å²) in [5.74, 6) is -1.57. The number of rotatable bonds is 4. The van der Waals surface area contributed by atoms with Crippen molar-refractivity contribution in [2.24, 2.45) is 5.14 Å². The van der Waals surface area contributed by atoms with Crippen molar-refractivity contribution >= 4 is 33.4 Å². The third kappa shape index (κ3) is 3.65. The monoisotopic (exact) mass is 340 g/mol. The van der Waals surface area contributed by atoms with Crippen LogP contribution in [0.1, 0.15) is 10.4 Å². The topological polar surface area (TPSA) is 89.3 Å². The van der Waals surface area contributed by atoms with Crippen LogP contribution < -0.4 is 10.5 Å². The predicted molar refractivity (Wildman–Crippen MR) is 83.9 cm³/mol. The highest BCUT2D eigenvalue weighted by Gasteiger charge is 2.17. The number of primary sulfonamides is 1. The summed E-state index contributed by atoms with van der Waals surface area (Å²) >= 11 is 1.42. The largest absolute Gasteiger partial charge is 0.321 e. The number of nitrogens with two attached hydrogens (primary N) is 1. The van der Waals surface area contributed by atoms with Crippen LogP contribution in [0.3, 0.4) is 0 Å². The molecule has 3 N–H and O–H groups in total. The lowest BCUT2D eigenvalue weighted by atomic mass is 10.2. The molecule has 22 heavy (non-hydrogen) atoms. The Hall–Kier alpha value is -1.90. The maximum absolute atomic E-state index is 13.8. The molecule has 8 heteroatoms. The Labute approximate surface area is 131 Å². The quantitative estimate of drug-likeness (QED) is 0.837. The van der Waals surface area contributed by atoms with E-state index in [1.807, 2.05) is 12.3 Å². The second-order valence-corrected chi connectivity index (χ2v) is 6.75. The van der Waals surface area contributed by atoms with Crippen molar-refractivity contribution in [2.75, 3.05) is 11.6 Å². The van der Waals surface area contributed by atoms with Crippen molar-refractivity contribution in [2.45, 2.75) is 9.79 Å². The second-order valence-electron chi connectivity index (χ2n) is 4.34. The molecule has 0 fully saturated rings. The van der Waals surface area contributed by atoms with Gasteiger partial charge >= 0.3 is 0 Å². The van der Waals surface area contributed by atoms with E-state index in [-0.39, 0.29) is 10.5 Å². The lowest BCUT2D eigenvalue weighted by Crippen LogP contribution is -2.17. The van der Waals surface area contributed by atoms with E-state index in [1.54, 1.807) is 18.2 Å². The van der Waals surface area contributed by atoms with Gasteiger partial charge in [-0.1, -0.05) is 12.1 Å². The van der Waals surface area contributed by atoms with Crippen LogP contribution in [-0.2, 0) is 10.0 Å². The molecule has 2 aromatic carbocycles. The van der Waals surface area contributed by atoms with Crippen LogP contribution in [0.5, 0.6) is 0 Å². The molecule has 2 rings (SSSR count). The number of carbonyl (C=O) groups excluding carboxylic acids is 1. The molecule has 1 amide bonds. The van der Waals surface area contributed by atoms with Crippen molar-refractivity contribution in [3.63, 3.8) is 0 Å². The molecule has 0 atom stereocenters. The van der Waals surface area contributed by atoms with Crippen molar-refractivity contribution in [1.82, 2.24) is 0 Å². The first kappa shape index (κ1) is 16.5. The number of nitrogens with one attached hydrogen (secondary N) is 1.